The van der Waals surface area contributed by atoms with Gasteiger partial charge in [0.25, 0.3) is 0 Å². The van der Waals surface area contributed by atoms with E-state index in [2.05, 4.69) is 5.32 Å². The van der Waals surface area contributed by atoms with Crippen molar-refractivity contribution in [2.75, 3.05) is 32.8 Å². The van der Waals surface area contributed by atoms with E-state index in [0.29, 0.717) is 49.8 Å². The first kappa shape index (κ1) is 21.4. The highest BCUT2D eigenvalue weighted by Crippen LogP contribution is 2.33. The van der Waals surface area contributed by atoms with Crippen molar-refractivity contribution in [3.8, 4) is 11.5 Å². The van der Waals surface area contributed by atoms with Gasteiger partial charge in [0.1, 0.15) is 32.1 Å². The lowest BCUT2D eigenvalue weighted by atomic mass is 10.0. The zero-order valence-electron chi connectivity index (χ0n) is 17.2. The van der Waals surface area contributed by atoms with E-state index in [9.17, 15) is 14.3 Å². The number of ether oxygens (including phenoxy) is 3. The number of aliphatic hydroxyl groups is 1. The zero-order chi connectivity index (χ0) is 21.6. The van der Waals surface area contributed by atoms with E-state index in [1.807, 2.05) is 35.2 Å². The lowest BCUT2D eigenvalue weighted by Gasteiger charge is -2.29. The quantitative estimate of drug-likeness (QED) is 0.703. The summed E-state index contributed by atoms with van der Waals surface area (Å²) in [4.78, 5) is 14.3. The molecule has 31 heavy (non-hydrogen) atoms. The van der Waals surface area contributed by atoms with E-state index >= 15 is 0 Å². The molecule has 1 fully saturated rings. The van der Waals surface area contributed by atoms with Gasteiger partial charge in [-0.3, -0.25) is 4.90 Å². The number of likely N-dealkylation sites (tertiary alicyclic amines) is 1. The number of aliphatic hydroxyl groups excluding tert-OH is 1. The third kappa shape index (κ3) is 5.65. The number of rotatable bonds is 7. The topological polar surface area (TPSA) is 80.3 Å². The van der Waals surface area contributed by atoms with E-state index in [1.165, 1.54) is 0 Å². The van der Waals surface area contributed by atoms with Gasteiger partial charge < -0.3 is 24.6 Å². The molecule has 166 valence electrons. The van der Waals surface area contributed by atoms with Crippen molar-refractivity contribution < 1.29 is 28.5 Å². The number of nitrogens with one attached hydrogen (secondary N) is 1. The van der Waals surface area contributed by atoms with E-state index in [4.69, 9.17) is 14.2 Å². The third-order valence-electron chi connectivity index (χ3n) is 5.47. The number of alkyl halides is 1. The summed E-state index contributed by atoms with van der Waals surface area (Å²) in [5.74, 6) is 1.17. The number of hydrogen-bond acceptors (Lipinski definition) is 6. The molecule has 2 aliphatic rings. The van der Waals surface area contributed by atoms with Crippen LogP contribution in [-0.2, 0) is 11.3 Å². The molecule has 2 aromatic carbocycles. The summed E-state index contributed by atoms with van der Waals surface area (Å²) >= 11 is 0. The van der Waals surface area contributed by atoms with Gasteiger partial charge in [-0.25, -0.2) is 9.18 Å². The van der Waals surface area contributed by atoms with Crippen molar-refractivity contribution in [2.24, 2.45) is 0 Å². The molecule has 0 spiro atoms. The standard InChI is InChI=1S/C23H27FN2O5/c24-18-8-9-26(13-18)14-19(25-23(28)31-15-16-4-2-1-3-5-16)22(27)17-6-7-20-21(12-17)30-11-10-29-20/h1-7,12,18-19,22,27H,8-11,13-15H2,(H,25,28)/t18-,19+,22+/m0/s1. The van der Waals surface area contributed by atoms with Gasteiger partial charge in [0.15, 0.2) is 11.5 Å². The summed E-state index contributed by atoms with van der Waals surface area (Å²) in [6.07, 6.45) is -2.11. The predicted molar refractivity (Wildman–Crippen MR) is 112 cm³/mol. The molecule has 0 unspecified atom stereocenters. The Labute approximate surface area is 180 Å². The minimum atomic E-state index is -1.03. The number of alkyl carbamates (subject to hydrolysis) is 1. The van der Waals surface area contributed by atoms with E-state index in [1.54, 1.807) is 18.2 Å². The summed E-state index contributed by atoms with van der Waals surface area (Å²) in [5, 5.41) is 13.8. The van der Waals surface area contributed by atoms with E-state index in [0.717, 1.165) is 5.56 Å². The van der Waals surface area contributed by atoms with Crippen LogP contribution >= 0.6 is 0 Å². The molecule has 1 amide bonds. The number of carbonyl (C=O) groups is 1. The molecule has 0 radical (unpaired) electrons. The molecular formula is C23H27FN2O5. The molecule has 1 saturated heterocycles. The monoisotopic (exact) mass is 430 g/mol. The molecule has 2 aliphatic heterocycles. The largest absolute Gasteiger partial charge is 0.486 e. The minimum Gasteiger partial charge on any atom is -0.486 e. The Morgan fingerprint density at radius 2 is 1.97 bits per heavy atom. The average molecular weight is 430 g/mol. The number of benzene rings is 2. The lowest BCUT2D eigenvalue weighted by molar-refractivity contribution is 0.0867. The normalized spacial score (nSPS) is 20.1. The molecule has 0 bridgehead atoms. The Kier molecular flexibility index (Phi) is 6.89. The summed E-state index contributed by atoms with van der Waals surface area (Å²) in [5.41, 5.74) is 1.44. The molecule has 4 rings (SSSR count). The number of halogens is 1. The molecule has 2 heterocycles. The van der Waals surface area contributed by atoms with Crippen LogP contribution in [0.15, 0.2) is 48.5 Å². The number of carbonyl (C=O) groups excluding carboxylic acids is 1. The molecule has 8 heteroatoms. The molecule has 3 atom stereocenters. The van der Waals surface area contributed by atoms with Gasteiger partial charge in [0.2, 0.25) is 0 Å². The van der Waals surface area contributed by atoms with Crippen LogP contribution in [0.1, 0.15) is 23.7 Å². The van der Waals surface area contributed by atoms with Crippen LogP contribution < -0.4 is 14.8 Å². The number of hydrogen-bond donors (Lipinski definition) is 2. The van der Waals surface area contributed by atoms with Gasteiger partial charge in [-0.05, 0) is 29.7 Å². The zero-order valence-corrected chi connectivity index (χ0v) is 17.2. The fraction of sp³-hybridized carbons (Fsp3) is 0.435. The molecular weight excluding hydrogens is 403 g/mol. The van der Waals surface area contributed by atoms with Crippen LogP contribution in [0.3, 0.4) is 0 Å². The summed E-state index contributed by atoms with van der Waals surface area (Å²) < 4.78 is 30.1. The Hall–Kier alpha value is -2.84. The second-order valence-electron chi connectivity index (χ2n) is 7.81. The first-order valence-corrected chi connectivity index (χ1v) is 10.5. The number of fused-ring (bicyclic) bond motifs is 1. The van der Waals surface area contributed by atoms with Crippen LogP contribution in [0.5, 0.6) is 11.5 Å². The van der Waals surface area contributed by atoms with Gasteiger partial charge in [-0.1, -0.05) is 36.4 Å². The molecule has 0 aliphatic carbocycles. The highest BCUT2D eigenvalue weighted by atomic mass is 19.1. The smallest absolute Gasteiger partial charge is 0.407 e. The molecule has 0 saturated carbocycles. The lowest BCUT2D eigenvalue weighted by Crippen LogP contribution is -2.47. The van der Waals surface area contributed by atoms with Gasteiger partial charge in [-0.2, -0.15) is 0 Å². The average Bonchev–Trinajstić information content (AvgIpc) is 3.21. The fourth-order valence-electron chi connectivity index (χ4n) is 3.85. The maximum Gasteiger partial charge on any atom is 0.407 e. The van der Waals surface area contributed by atoms with Crippen molar-refractivity contribution in [1.82, 2.24) is 10.2 Å². The molecule has 2 aromatic rings. The van der Waals surface area contributed by atoms with Crippen LogP contribution in [0.4, 0.5) is 9.18 Å². The predicted octanol–water partition coefficient (Wildman–Crippen LogP) is 2.83. The Balaban J connectivity index is 1.44. The van der Waals surface area contributed by atoms with Crippen LogP contribution in [-0.4, -0.2) is 61.2 Å². The first-order chi connectivity index (χ1) is 15.1. The van der Waals surface area contributed by atoms with Crippen LogP contribution in [0, 0.1) is 0 Å². The maximum atomic E-state index is 13.7. The van der Waals surface area contributed by atoms with Crippen molar-refractivity contribution in [2.45, 2.75) is 31.3 Å². The van der Waals surface area contributed by atoms with Gasteiger partial charge in [-0.15, -0.1) is 0 Å². The molecule has 0 aromatic heterocycles. The van der Waals surface area contributed by atoms with Gasteiger partial charge in [0, 0.05) is 19.6 Å². The highest BCUT2D eigenvalue weighted by Gasteiger charge is 2.30. The van der Waals surface area contributed by atoms with Crippen LogP contribution in [0.25, 0.3) is 0 Å². The van der Waals surface area contributed by atoms with E-state index in [-0.39, 0.29) is 13.2 Å². The Bertz CT molecular complexity index is 882. The second kappa shape index (κ2) is 9.98. The van der Waals surface area contributed by atoms with Gasteiger partial charge >= 0.3 is 6.09 Å². The van der Waals surface area contributed by atoms with Crippen LogP contribution in [0.2, 0.25) is 0 Å². The van der Waals surface area contributed by atoms with Crippen molar-refractivity contribution in [3.63, 3.8) is 0 Å². The van der Waals surface area contributed by atoms with E-state index < -0.39 is 24.4 Å². The molecule has 7 nitrogen and oxygen atoms in total. The fourth-order valence-corrected chi connectivity index (χ4v) is 3.85. The number of amides is 1. The minimum absolute atomic E-state index is 0.121. The molecule has 2 N–H and O–H groups in total. The highest BCUT2D eigenvalue weighted by molar-refractivity contribution is 5.67. The van der Waals surface area contributed by atoms with Gasteiger partial charge in [0.05, 0.1) is 6.04 Å². The second-order valence-corrected chi connectivity index (χ2v) is 7.81. The Morgan fingerprint density at radius 1 is 1.19 bits per heavy atom. The first-order valence-electron chi connectivity index (χ1n) is 10.5. The van der Waals surface area contributed by atoms with Crippen molar-refractivity contribution in [3.05, 3.63) is 59.7 Å². The third-order valence-corrected chi connectivity index (χ3v) is 5.47. The summed E-state index contributed by atoms with van der Waals surface area (Å²) in [6, 6.07) is 13.9. The summed E-state index contributed by atoms with van der Waals surface area (Å²) in [7, 11) is 0. The SMILES string of the molecule is O=C(N[C@H](CN1CC[C@H](F)C1)[C@H](O)c1ccc2c(c1)OCCO2)OCc1ccccc1. The number of nitrogens with zero attached hydrogens (tertiary/aromatic N) is 1. The Morgan fingerprint density at radius 3 is 2.71 bits per heavy atom. The summed E-state index contributed by atoms with van der Waals surface area (Å²) in [6.45, 7) is 2.20. The van der Waals surface area contributed by atoms with Crippen molar-refractivity contribution >= 4 is 6.09 Å². The van der Waals surface area contributed by atoms with Crippen molar-refractivity contribution in [1.29, 1.82) is 0 Å². The maximum absolute atomic E-state index is 13.7.